The van der Waals surface area contributed by atoms with Crippen LogP contribution in [0.3, 0.4) is 0 Å². The summed E-state index contributed by atoms with van der Waals surface area (Å²) < 4.78 is 0. The number of carbonyl (C=O) groups is 1. The third kappa shape index (κ3) is 4.31. The van der Waals surface area contributed by atoms with Crippen LogP contribution in [-0.2, 0) is 0 Å². The van der Waals surface area contributed by atoms with Gasteiger partial charge in [0, 0.05) is 47.4 Å². The highest BCUT2D eigenvalue weighted by molar-refractivity contribution is 8.06. The van der Waals surface area contributed by atoms with Gasteiger partial charge in [-0.25, -0.2) is 4.98 Å². The number of nitrogens with one attached hydrogen (secondary N) is 2. The third-order valence-electron chi connectivity index (χ3n) is 2.85. The van der Waals surface area contributed by atoms with Gasteiger partial charge in [0.15, 0.2) is 0 Å². The number of anilines is 1. The lowest BCUT2D eigenvalue weighted by Crippen LogP contribution is -2.33. The van der Waals surface area contributed by atoms with Gasteiger partial charge in [-0.15, -0.1) is 0 Å². The van der Waals surface area contributed by atoms with E-state index in [9.17, 15) is 4.79 Å². The van der Waals surface area contributed by atoms with Crippen molar-refractivity contribution in [3.05, 3.63) is 23.4 Å². The van der Waals surface area contributed by atoms with Gasteiger partial charge in [0.25, 0.3) is 5.91 Å². The van der Waals surface area contributed by atoms with Crippen LogP contribution in [0.25, 0.3) is 0 Å². The van der Waals surface area contributed by atoms with Gasteiger partial charge in [0.05, 0.1) is 0 Å². The minimum atomic E-state index is -0.0156. The van der Waals surface area contributed by atoms with Crippen LogP contribution >= 0.6 is 23.5 Å². The minimum absolute atomic E-state index is 0.0156. The first-order valence-corrected chi connectivity index (χ1v) is 8.53. The van der Waals surface area contributed by atoms with Crippen LogP contribution in [0.15, 0.2) is 12.1 Å². The van der Waals surface area contributed by atoms with Crippen LogP contribution in [0.2, 0.25) is 0 Å². The molecule has 2 heterocycles. The molecular weight excluding hydrogens is 278 g/mol. The summed E-state index contributed by atoms with van der Waals surface area (Å²) in [7, 11) is 1.80. The molecule has 0 radical (unpaired) electrons. The van der Waals surface area contributed by atoms with E-state index in [0.717, 1.165) is 23.8 Å². The molecule has 0 aliphatic carbocycles. The highest BCUT2D eigenvalue weighted by Gasteiger charge is 2.16. The largest absolute Gasteiger partial charge is 0.373 e. The van der Waals surface area contributed by atoms with Crippen LogP contribution in [0.4, 0.5) is 5.82 Å². The van der Waals surface area contributed by atoms with Gasteiger partial charge in [-0.1, -0.05) is 0 Å². The highest BCUT2D eigenvalue weighted by atomic mass is 32.2. The van der Waals surface area contributed by atoms with Gasteiger partial charge < -0.3 is 10.6 Å². The Morgan fingerprint density at radius 2 is 2.32 bits per heavy atom. The normalized spacial score (nSPS) is 18.9. The van der Waals surface area contributed by atoms with Crippen LogP contribution in [0.5, 0.6) is 0 Å². The maximum atomic E-state index is 12.1. The molecule has 1 fully saturated rings. The number of carbonyl (C=O) groups excluding carboxylic acids is 1. The zero-order valence-corrected chi connectivity index (χ0v) is 12.9. The lowest BCUT2D eigenvalue weighted by atomic mass is 10.2. The van der Waals surface area contributed by atoms with Crippen LogP contribution in [0.1, 0.15) is 16.1 Å². The average Bonchev–Trinajstić information content (AvgIpc) is 2.45. The lowest BCUT2D eigenvalue weighted by Gasteiger charge is -2.21. The molecule has 2 N–H and O–H groups in total. The summed E-state index contributed by atoms with van der Waals surface area (Å²) in [6, 6.07) is 3.60. The summed E-state index contributed by atoms with van der Waals surface area (Å²) in [5.74, 6) is 4.25. The van der Waals surface area contributed by atoms with Crippen molar-refractivity contribution in [1.82, 2.24) is 10.3 Å². The van der Waals surface area contributed by atoms with E-state index >= 15 is 0 Å². The molecule has 1 aliphatic heterocycles. The lowest BCUT2D eigenvalue weighted by molar-refractivity contribution is 0.0954. The fourth-order valence-corrected chi connectivity index (χ4v) is 4.50. The second kappa shape index (κ2) is 7.05. The Balaban J connectivity index is 1.93. The van der Waals surface area contributed by atoms with Gasteiger partial charge in [-0.05, 0) is 19.1 Å². The summed E-state index contributed by atoms with van der Waals surface area (Å²) in [4.78, 5) is 16.4. The molecule has 104 valence electrons. The molecule has 1 aliphatic rings. The van der Waals surface area contributed by atoms with Gasteiger partial charge in [0.1, 0.15) is 5.82 Å². The van der Waals surface area contributed by atoms with Crippen molar-refractivity contribution >= 4 is 35.2 Å². The molecule has 1 aromatic rings. The van der Waals surface area contributed by atoms with E-state index in [1.165, 1.54) is 11.5 Å². The van der Waals surface area contributed by atoms with E-state index in [0.29, 0.717) is 10.8 Å². The number of hydrogen-bond acceptors (Lipinski definition) is 5. The van der Waals surface area contributed by atoms with Crippen molar-refractivity contribution in [3.8, 4) is 0 Å². The molecule has 1 amide bonds. The van der Waals surface area contributed by atoms with Gasteiger partial charge in [-0.3, -0.25) is 4.79 Å². The van der Waals surface area contributed by atoms with Gasteiger partial charge >= 0.3 is 0 Å². The number of aromatic nitrogens is 1. The molecule has 6 heteroatoms. The summed E-state index contributed by atoms with van der Waals surface area (Å²) in [6.45, 7) is 2.64. The quantitative estimate of drug-likeness (QED) is 0.890. The summed E-state index contributed by atoms with van der Waals surface area (Å²) in [5.41, 5.74) is 1.52. The van der Waals surface area contributed by atoms with E-state index in [1.807, 2.05) is 36.5 Å². The Hall–Kier alpha value is -0.880. The highest BCUT2D eigenvalue weighted by Crippen LogP contribution is 2.23. The summed E-state index contributed by atoms with van der Waals surface area (Å²) in [5, 5.41) is 6.53. The Bertz CT molecular complexity index is 448. The summed E-state index contributed by atoms with van der Waals surface area (Å²) in [6.07, 6.45) is 0. The molecule has 1 saturated heterocycles. The molecule has 0 spiro atoms. The third-order valence-corrected chi connectivity index (χ3v) is 5.69. The molecular formula is C13H19N3OS2. The minimum Gasteiger partial charge on any atom is -0.373 e. The van der Waals surface area contributed by atoms with Crippen molar-refractivity contribution in [2.75, 3.05) is 36.2 Å². The first-order valence-electron chi connectivity index (χ1n) is 6.33. The number of aryl methyl sites for hydroxylation is 1. The van der Waals surface area contributed by atoms with Crippen LogP contribution in [-0.4, -0.2) is 47.0 Å². The fraction of sp³-hybridized carbons (Fsp3) is 0.538. The molecule has 2 rings (SSSR count). The Labute approximate surface area is 122 Å². The fourth-order valence-electron chi connectivity index (χ4n) is 1.89. The number of pyridine rings is 1. The molecule has 0 saturated carbocycles. The van der Waals surface area contributed by atoms with Crippen molar-refractivity contribution < 1.29 is 4.79 Å². The SMILES string of the molecule is CNc1cc(C(=O)NCC2CSCCS2)cc(C)n1. The Morgan fingerprint density at radius 1 is 1.47 bits per heavy atom. The second-order valence-corrected chi connectivity index (χ2v) is 6.97. The van der Waals surface area contributed by atoms with E-state index in [2.05, 4.69) is 15.6 Å². The molecule has 0 aromatic carbocycles. The van der Waals surface area contributed by atoms with Crippen molar-refractivity contribution in [3.63, 3.8) is 0 Å². The zero-order chi connectivity index (χ0) is 13.7. The number of thioether (sulfide) groups is 2. The van der Waals surface area contributed by atoms with Gasteiger partial charge in [0.2, 0.25) is 0 Å². The average molecular weight is 297 g/mol. The molecule has 19 heavy (non-hydrogen) atoms. The van der Waals surface area contributed by atoms with E-state index < -0.39 is 0 Å². The molecule has 1 unspecified atom stereocenters. The van der Waals surface area contributed by atoms with Crippen molar-refractivity contribution in [2.45, 2.75) is 12.2 Å². The monoisotopic (exact) mass is 297 g/mol. The predicted octanol–water partition coefficient (Wildman–Crippen LogP) is 2.01. The number of amides is 1. The predicted molar refractivity (Wildman–Crippen MR) is 84.4 cm³/mol. The van der Waals surface area contributed by atoms with E-state index in [4.69, 9.17) is 0 Å². The smallest absolute Gasteiger partial charge is 0.251 e. The first kappa shape index (κ1) is 14.5. The topological polar surface area (TPSA) is 54.0 Å². The number of rotatable bonds is 4. The Morgan fingerprint density at radius 3 is 3.00 bits per heavy atom. The molecule has 0 bridgehead atoms. The van der Waals surface area contributed by atoms with Crippen molar-refractivity contribution in [1.29, 1.82) is 0 Å². The van der Waals surface area contributed by atoms with E-state index in [1.54, 1.807) is 13.1 Å². The zero-order valence-electron chi connectivity index (χ0n) is 11.2. The van der Waals surface area contributed by atoms with Gasteiger partial charge in [-0.2, -0.15) is 23.5 Å². The van der Waals surface area contributed by atoms with Crippen LogP contribution < -0.4 is 10.6 Å². The summed E-state index contributed by atoms with van der Waals surface area (Å²) >= 11 is 3.92. The first-order chi connectivity index (χ1) is 9.19. The standard InChI is InChI=1S/C13H19N3OS2/c1-9-5-10(6-12(14-2)16-9)13(17)15-7-11-8-18-3-4-19-11/h5-6,11H,3-4,7-8H2,1-2H3,(H,14,16)(H,15,17). The molecule has 4 nitrogen and oxygen atoms in total. The van der Waals surface area contributed by atoms with E-state index in [-0.39, 0.29) is 5.91 Å². The number of nitrogens with zero attached hydrogens (tertiary/aromatic N) is 1. The second-order valence-electron chi connectivity index (χ2n) is 4.41. The maximum absolute atomic E-state index is 12.1. The van der Waals surface area contributed by atoms with Crippen molar-refractivity contribution in [2.24, 2.45) is 0 Å². The maximum Gasteiger partial charge on any atom is 0.251 e. The Kier molecular flexibility index (Phi) is 5.39. The van der Waals surface area contributed by atoms with Crippen LogP contribution in [0, 0.1) is 6.92 Å². The number of hydrogen-bond donors (Lipinski definition) is 2. The molecule has 1 aromatic heterocycles. The molecule has 1 atom stereocenters.